The summed E-state index contributed by atoms with van der Waals surface area (Å²) < 4.78 is 38.5. The summed E-state index contributed by atoms with van der Waals surface area (Å²) in [6.45, 7) is 7.13. The van der Waals surface area contributed by atoms with Crippen molar-refractivity contribution in [2.75, 3.05) is 0 Å². The highest BCUT2D eigenvalue weighted by molar-refractivity contribution is 6.62. The molecule has 1 fully saturated rings. The van der Waals surface area contributed by atoms with Crippen molar-refractivity contribution in [2.45, 2.75) is 38.9 Å². The highest BCUT2D eigenvalue weighted by Crippen LogP contribution is 2.37. The van der Waals surface area contributed by atoms with Gasteiger partial charge in [-0.2, -0.15) is 0 Å². The Morgan fingerprint density at radius 3 is 2.06 bits per heavy atom. The summed E-state index contributed by atoms with van der Waals surface area (Å²) >= 11 is 0. The van der Waals surface area contributed by atoms with Crippen LogP contribution in [0.5, 0.6) is 5.75 Å². The molecule has 1 aromatic rings. The molecular weight excluding hydrogens is 241 g/mol. The number of aromatic hydroxyl groups is 1. The van der Waals surface area contributed by atoms with E-state index in [1.807, 2.05) is 0 Å². The first-order valence-electron chi connectivity index (χ1n) is 5.68. The molecule has 0 saturated carbocycles. The predicted molar refractivity (Wildman–Crippen MR) is 63.7 cm³/mol. The maximum Gasteiger partial charge on any atom is 0.501 e. The van der Waals surface area contributed by atoms with Crippen LogP contribution in [0.2, 0.25) is 0 Å². The van der Waals surface area contributed by atoms with Crippen molar-refractivity contribution in [3.63, 3.8) is 0 Å². The third-order valence-electron chi connectivity index (χ3n) is 3.60. The topological polar surface area (TPSA) is 38.7 Å². The quantitative estimate of drug-likeness (QED) is 0.780. The zero-order valence-corrected chi connectivity index (χ0v) is 10.8. The molecule has 1 aliphatic heterocycles. The zero-order valence-electron chi connectivity index (χ0n) is 10.8. The first-order valence-corrected chi connectivity index (χ1v) is 5.68. The Balaban J connectivity index is 2.44. The molecule has 18 heavy (non-hydrogen) atoms. The molecule has 0 atom stereocenters. The fourth-order valence-electron chi connectivity index (χ4n) is 1.73. The summed E-state index contributed by atoms with van der Waals surface area (Å²) in [5.74, 6) is -2.47. The van der Waals surface area contributed by atoms with Gasteiger partial charge in [-0.15, -0.1) is 0 Å². The van der Waals surface area contributed by atoms with E-state index < -0.39 is 41.2 Å². The van der Waals surface area contributed by atoms with Crippen LogP contribution in [-0.2, 0) is 9.31 Å². The average molecular weight is 256 g/mol. The largest absolute Gasteiger partial charge is 0.505 e. The van der Waals surface area contributed by atoms with Gasteiger partial charge in [-0.3, -0.25) is 0 Å². The monoisotopic (exact) mass is 256 g/mol. The van der Waals surface area contributed by atoms with Gasteiger partial charge >= 0.3 is 7.12 Å². The number of phenolic OH excluding ortho intramolecular Hbond substituents is 1. The Morgan fingerprint density at radius 2 is 1.56 bits per heavy atom. The van der Waals surface area contributed by atoms with Gasteiger partial charge in [0.25, 0.3) is 0 Å². The number of rotatable bonds is 1. The van der Waals surface area contributed by atoms with E-state index >= 15 is 0 Å². The van der Waals surface area contributed by atoms with Crippen LogP contribution in [0.1, 0.15) is 27.7 Å². The van der Waals surface area contributed by atoms with Crippen LogP contribution in [0.15, 0.2) is 12.1 Å². The second-order valence-corrected chi connectivity index (χ2v) is 5.38. The Morgan fingerprint density at radius 1 is 1.06 bits per heavy atom. The molecule has 0 unspecified atom stereocenters. The van der Waals surface area contributed by atoms with Crippen LogP contribution in [0.3, 0.4) is 0 Å². The molecule has 0 radical (unpaired) electrons. The Hall–Kier alpha value is -1.14. The minimum absolute atomic E-state index is 0.395. The Bertz CT molecular complexity index is 472. The second-order valence-electron chi connectivity index (χ2n) is 5.38. The zero-order chi connectivity index (χ0) is 13.7. The average Bonchev–Trinajstić information content (AvgIpc) is 2.43. The summed E-state index contributed by atoms with van der Waals surface area (Å²) in [4.78, 5) is 0. The van der Waals surface area contributed by atoms with Gasteiger partial charge in [-0.05, 0) is 39.8 Å². The fourth-order valence-corrected chi connectivity index (χ4v) is 1.73. The SMILES string of the molecule is CC1(C)OB(c2c(F)ccc(O)c2F)OC1(C)C. The number of benzene rings is 1. The van der Waals surface area contributed by atoms with Crippen LogP contribution in [0.4, 0.5) is 8.78 Å². The third-order valence-corrected chi connectivity index (χ3v) is 3.60. The minimum atomic E-state index is -1.16. The van der Waals surface area contributed by atoms with Crippen molar-refractivity contribution in [1.82, 2.24) is 0 Å². The van der Waals surface area contributed by atoms with Gasteiger partial charge < -0.3 is 14.4 Å². The number of hydrogen-bond acceptors (Lipinski definition) is 3. The van der Waals surface area contributed by atoms with Gasteiger partial charge in [0.15, 0.2) is 11.6 Å². The van der Waals surface area contributed by atoms with Gasteiger partial charge in [-0.1, -0.05) is 0 Å². The van der Waals surface area contributed by atoms with E-state index in [4.69, 9.17) is 9.31 Å². The number of phenols is 1. The van der Waals surface area contributed by atoms with Gasteiger partial charge in [0.2, 0.25) is 0 Å². The summed E-state index contributed by atoms with van der Waals surface area (Å²) in [5, 5.41) is 9.29. The highest BCUT2D eigenvalue weighted by atomic mass is 19.1. The van der Waals surface area contributed by atoms with E-state index in [1.54, 1.807) is 27.7 Å². The molecule has 1 saturated heterocycles. The van der Waals surface area contributed by atoms with Crippen molar-refractivity contribution in [3.8, 4) is 5.75 Å². The van der Waals surface area contributed by atoms with E-state index in [9.17, 15) is 13.9 Å². The molecule has 98 valence electrons. The molecule has 0 spiro atoms. The smallest absolute Gasteiger partial charge is 0.501 e. The van der Waals surface area contributed by atoms with Gasteiger partial charge in [0, 0.05) is 0 Å². The lowest BCUT2D eigenvalue weighted by Gasteiger charge is -2.32. The highest BCUT2D eigenvalue weighted by Gasteiger charge is 2.53. The number of hydrogen-bond donors (Lipinski definition) is 1. The van der Waals surface area contributed by atoms with Crippen molar-refractivity contribution in [3.05, 3.63) is 23.8 Å². The van der Waals surface area contributed by atoms with E-state index in [0.717, 1.165) is 12.1 Å². The standard InChI is InChI=1S/C12H15BF2O3/c1-11(2)12(3,4)18-13(17-11)9-7(14)5-6-8(16)10(9)15/h5-6,16H,1-4H3. The molecule has 6 heteroatoms. The van der Waals surface area contributed by atoms with Gasteiger partial charge in [0.1, 0.15) is 5.82 Å². The van der Waals surface area contributed by atoms with E-state index in [2.05, 4.69) is 0 Å². The van der Waals surface area contributed by atoms with Crippen LogP contribution < -0.4 is 5.46 Å². The molecular formula is C12H15BF2O3. The van der Waals surface area contributed by atoms with E-state index in [0.29, 0.717) is 0 Å². The summed E-state index contributed by atoms with van der Waals surface area (Å²) in [6, 6.07) is 1.94. The van der Waals surface area contributed by atoms with Gasteiger partial charge in [0.05, 0.1) is 16.7 Å². The molecule has 0 bridgehead atoms. The lowest BCUT2D eigenvalue weighted by atomic mass is 9.78. The van der Waals surface area contributed by atoms with Crippen molar-refractivity contribution < 1.29 is 23.2 Å². The van der Waals surface area contributed by atoms with Crippen molar-refractivity contribution in [2.24, 2.45) is 0 Å². The number of halogens is 2. The molecule has 0 aliphatic carbocycles. The summed E-state index contributed by atoms with van der Waals surface area (Å²) in [5.41, 5.74) is -1.78. The molecule has 1 N–H and O–H groups in total. The van der Waals surface area contributed by atoms with Crippen LogP contribution in [0.25, 0.3) is 0 Å². The van der Waals surface area contributed by atoms with E-state index in [-0.39, 0.29) is 0 Å². The summed E-state index contributed by atoms with van der Waals surface area (Å²) in [6.07, 6.45) is 0. The predicted octanol–water partition coefficient (Wildman–Crippen LogP) is 1.97. The van der Waals surface area contributed by atoms with Crippen molar-refractivity contribution in [1.29, 1.82) is 0 Å². The Kier molecular flexibility index (Phi) is 2.90. The van der Waals surface area contributed by atoms with Gasteiger partial charge in [-0.25, -0.2) is 8.78 Å². The van der Waals surface area contributed by atoms with Crippen LogP contribution in [-0.4, -0.2) is 23.4 Å². The van der Waals surface area contributed by atoms with Crippen LogP contribution >= 0.6 is 0 Å². The molecule has 3 nitrogen and oxygen atoms in total. The lowest BCUT2D eigenvalue weighted by molar-refractivity contribution is 0.00578. The summed E-state index contributed by atoms with van der Waals surface area (Å²) in [7, 11) is -1.16. The minimum Gasteiger partial charge on any atom is -0.505 e. The van der Waals surface area contributed by atoms with Crippen molar-refractivity contribution >= 4 is 12.6 Å². The molecule has 0 aromatic heterocycles. The lowest BCUT2D eigenvalue weighted by Crippen LogP contribution is -2.41. The second kappa shape index (κ2) is 3.93. The molecule has 1 aromatic carbocycles. The van der Waals surface area contributed by atoms with Crippen LogP contribution in [0, 0.1) is 11.6 Å². The van der Waals surface area contributed by atoms with E-state index in [1.165, 1.54) is 0 Å². The molecule has 1 aliphatic rings. The molecule has 2 rings (SSSR count). The fraction of sp³-hybridized carbons (Fsp3) is 0.500. The Labute approximate surface area is 105 Å². The maximum atomic E-state index is 13.8. The molecule has 0 amide bonds. The third kappa shape index (κ3) is 1.89. The normalized spacial score (nSPS) is 21.3. The first-order chi connectivity index (χ1) is 8.16. The molecule has 1 heterocycles. The maximum absolute atomic E-state index is 13.8. The first kappa shape index (κ1) is 13.3.